The van der Waals surface area contributed by atoms with Gasteiger partial charge in [0.25, 0.3) is 5.91 Å². The van der Waals surface area contributed by atoms with Crippen molar-refractivity contribution in [3.63, 3.8) is 0 Å². The zero-order chi connectivity index (χ0) is 29.1. The molecule has 3 aromatic carbocycles. The molecule has 1 saturated carbocycles. The Hall–Kier alpha value is -4.59. The zero-order valence-electron chi connectivity index (χ0n) is 23.8. The molecule has 8 nitrogen and oxygen atoms in total. The van der Waals surface area contributed by atoms with E-state index >= 15 is 0 Å². The van der Waals surface area contributed by atoms with E-state index in [0.29, 0.717) is 29.2 Å². The fourth-order valence-corrected chi connectivity index (χ4v) is 6.20. The molecule has 2 heterocycles. The summed E-state index contributed by atoms with van der Waals surface area (Å²) in [6.45, 7) is 0.185. The second kappa shape index (κ2) is 12.1. The van der Waals surface area contributed by atoms with Crippen molar-refractivity contribution in [2.24, 2.45) is 0 Å². The molecule has 4 amide bonds. The lowest BCUT2D eigenvalue weighted by Crippen LogP contribution is -2.52. The van der Waals surface area contributed by atoms with Crippen LogP contribution in [0.15, 0.2) is 96.2 Å². The largest absolute Gasteiger partial charge is 0.457 e. The smallest absolute Gasteiger partial charge is 0.322 e. The van der Waals surface area contributed by atoms with Gasteiger partial charge in [-0.1, -0.05) is 79.9 Å². The van der Waals surface area contributed by atoms with Crippen LogP contribution in [0.4, 0.5) is 4.79 Å². The molecule has 1 aliphatic carbocycles. The number of benzene rings is 3. The van der Waals surface area contributed by atoms with Gasteiger partial charge in [0.1, 0.15) is 17.5 Å². The Labute approximate surface area is 246 Å². The number of nitrogens with one attached hydrogen (secondary N) is 2. The van der Waals surface area contributed by atoms with E-state index in [4.69, 9.17) is 4.74 Å². The number of hydrogen-bond donors (Lipinski definition) is 2. The van der Waals surface area contributed by atoms with E-state index in [1.165, 1.54) is 11.3 Å². The maximum absolute atomic E-state index is 14.3. The highest BCUT2D eigenvalue weighted by Gasteiger charge is 2.46. The first-order valence-corrected chi connectivity index (χ1v) is 14.7. The predicted molar refractivity (Wildman–Crippen MR) is 160 cm³/mol. The molecule has 0 saturated heterocycles. The van der Waals surface area contributed by atoms with Crippen LogP contribution in [0.25, 0.3) is 0 Å². The average molecular weight is 565 g/mol. The molecule has 8 heteroatoms. The summed E-state index contributed by atoms with van der Waals surface area (Å²) in [7, 11) is 1.67. The monoisotopic (exact) mass is 564 g/mol. The molecule has 216 valence electrons. The van der Waals surface area contributed by atoms with Crippen LogP contribution in [0.2, 0.25) is 0 Å². The third kappa shape index (κ3) is 5.75. The number of rotatable bonds is 8. The first-order chi connectivity index (χ1) is 20.5. The van der Waals surface area contributed by atoms with Gasteiger partial charge >= 0.3 is 6.03 Å². The van der Waals surface area contributed by atoms with Gasteiger partial charge in [-0.05, 0) is 48.2 Å². The zero-order valence-corrected chi connectivity index (χ0v) is 23.8. The van der Waals surface area contributed by atoms with Crippen LogP contribution in [-0.4, -0.2) is 53.3 Å². The first-order valence-electron chi connectivity index (χ1n) is 14.7. The summed E-state index contributed by atoms with van der Waals surface area (Å²) in [5.74, 6) is 0.912. The molecule has 0 radical (unpaired) electrons. The molecule has 2 atom stereocenters. The van der Waals surface area contributed by atoms with Crippen LogP contribution in [0, 0.1) is 0 Å². The van der Waals surface area contributed by atoms with Crippen LogP contribution < -0.4 is 15.4 Å². The van der Waals surface area contributed by atoms with Crippen LogP contribution in [0.5, 0.6) is 11.5 Å². The Balaban J connectivity index is 1.30. The molecule has 0 aromatic heterocycles. The minimum absolute atomic E-state index is 0.121. The molecule has 0 unspecified atom stereocenters. The topological polar surface area (TPSA) is 91.0 Å². The van der Waals surface area contributed by atoms with Gasteiger partial charge in [-0.2, -0.15) is 0 Å². The fraction of sp³-hybridized carbons (Fsp3) is 0.324. The number of urea groups is 1. The minimum Gasteiger partial charge on any atom is -0.457 e. The lowest BCUT2D eigenvalue weighted by atomic mass is 9.94. The average Bonchev–Trinajstić information content (AvgIpc) is 3.36. The Morgan fingerprint density at radius 3 is 2.36 bits per heavy atom. The fourth-order valence-electron chi connectivity index (χ4n) is 6.20. The summed E-state index contributed by atoms with van der Waals surface area (Å²) in [5.41, 5.74) is 2.81. The van der Waals surface area contributed by atoms with Gasteiger partial charge in [0.15, 0.2) is 0 Å². The third-order valence-electron chi connectivity index (χ3n) is 8.46. The Kier molecular flexibility index (Phi) is 7.95. The molecule has 0 spiro atoms. The van der Waals surface area contributed by atoms with Crippen molar-refractivity contribution in [2.45, 2.75) is 56.7 Å². The number of ether oxygens (including phenoxy) is 1. The quantitative estimate of drug-likeness (QED) is 0.387. The van der Waals surface area contributed by atoms with E-state index in [9.17, 15) is 14.4 Å². The summed E-state index contributed by atoms with van der Waals surface area (Å²) in [5, 5.41) is 6.25. The number of amides is 4. The SMILES string of the molecule is CN1C(=O)N[C@@H](c2cccc(Oc3ccccc3)c2)C2=C1CN([C@H](Cc1ccccc1)C(=O)NC1CCCCC1)C2=O. The van der Waals surface area contributed by atoms with Gasteiger partial charge in [-0.25, -0.2) is 4.79 Å². The molecule has 2 aliphatic heterocycles. The van der Waals surface area contributed by atoms with Crippen molar-refractivity contribution in [1.29, 1.82) is 0 Å². The van der Waals surface area contributed by atoms with Crippen molar-refractivity contribution in [3.05, 3.63) is 107 Å². The highest BCUT2D eigenvalue weighted by molar-refractivity contribution is 6.03. The van der Waals surface area contributed by atoms with E-state index in [2.05, 4.69) is 10.6 Å². The second-order valence-corrected chi connectivity index (χ2v) is 11.3. The van der Waals surface area contributed by atoms with Gasteiger partial charge in [0, 0.05) is 19.5 Å². The summed E-state index contributed by atoms with van der Waals surface area (Å²) in [6.07, 6.45) is 5.68. The van der Waals surface area contributed by atoms with Crippen LogP contribution >= 0.6 is 0 Å². The molecule has 3 aromatic rings. The number of carbonyl (C=O) groups is 3. The van der Waals surface area contributed by atoms with Crippen LogP contribution in [-0.2, 0) is 16.0 Å². The van der Waals surface area contributed by atoms with Gasteiger partial charge in [0.05, 0.1) is 23.9 Å². The Morgan fingerprint density at radius 1 is 0.929 bits per heavy atom. The number of likely N-dealkylation sites (N-methyl/N-ethyl adjacent to an activating group) is 1. The van der Waals surface area contributed by atoms with E-state index < -0.39 is 12.1 Å². The summed E-state index contributed by atoms with van der Waals surface area (Å²) < 4.78 is 6.04. The van der Waals surface area contributed by atoms with E-state index in [1.54, 1.807) is 11.9 Å². The highest BCUT2D eigenvalue weighted by Crippen LogP contribution is 2.38. The molecule has 0 bridgehead atoms. The van der Waals surface area contributed by atoms with Crippen LogP contribution in [0.1, 0.15) is 49.3 Å². The van der Waals surface area contributed by atoms with Gasteiger partial charge in [-0.3, -0.25) is 14.5 Å². The van der Waals surface area contributed by atoms with Gasteiger partial charge in [0.2, 0.25) is 5.91 Å². The van der Waals surface area contributed by atoms with E-state index in [-0.39, 0.29) is 30.4 Å². The first kappa shape index (κ1) is 27.6. The number of hydrogen-bond acceptors (Lipinski definition) is 4. The van der Waals surface area contributed by atoms with Gasteiger partial charge < -0.3 is 20.3 Å². The number of para-hydroxylation sites is 1. The number of carbonyl (C=O) groups excluding carboxylic acids is 3. The minimum atomic E-state index is -0.704. The molecule has 2 N–H and O–H groups in total. The van der Waals surface area contributed by atoms with Crippen molar-refractivity contribution in [1.82, 2.24) is 20.4 Å². The Bertz CT molecular complexity index is 1480. The molecular formula is C34H36N4O4. The summed E-state index contributed by atoms with van der Waals surface area (Å²) >= 11 is 0. The molecule has 1 fully saturated rings. The lowest BCUT2D eigenvalue weighted by Gasteiger charge is -2.31. The molecule has 3 aliphatic rings. The maximum atomic E-state index is 14.3. The number of nitrogens with zero attached hydrogens (tertiary/aromatic N) is 2. The lowest BCUT2D eigenvalue weighted by molar-refractivity contribution is -0.137. The predicted octanol–water partition coefficient (Wildman–Crippen LogP) is 5.33. The van der Waals surface area contributed by atoms with Crippen molar-refractivity contribution >= 4 is 17.8 Å². The molecule has 42 heavy (non-hydrogen) atoms. The van der Waals surface area contributed by atoms with E-state index in [1.807, 2.05) is 84.9 Å². The summed E-state index contributed by atoms with van der Waals surface area (Å²) in [4.78, 5) is 44.3. The summed E-state index contributed by atoms with van der Waals surface area (Å²) in [6, 6.07) is 25.1. The normalized spacial score (nSPS) is 19.8. The Morgan fingerprint density at radius 2 is 1.62 bits per heavy atom. The van der Waals surface area contributed by atoms with E-state index in [0.717, 1.165) is 36.8 Å². The molecule has 6 rings (SSSR count). The maximum Gasteiger partial charge on any atom is 0.322 e. The van der Waals surface area contributed by atoms with Crippen LogP contribution in [0.3, 0.4) is 0 Å². The second-order valence-electron chi connectivity index (χ2n) is 11.3. The standard InChI is InChI=1S/C34H36N4O4/c1-37-29-22-38(28(20-23-12-5-2-6-13-23)32(39)35-25-15-7-3-8-16-25)33(40)30(29)31(36-34(37)41)24-14-11-19-27(21-24)42-26-17-9-4-10-18-26/h2,4-6,9-14,17-19,21,25,28,31H,3,7-8,15-16,20,22H2,1H3,(H,35,39)(H,36,41)/t28-,31+/m1/s1. The molecular weight excluding hydrogens is 528 g/mol. The van der Waals surface area contributed by atoms with Crippen molar-refractivity contribution in [3.8, 4) is 11.5 Å². The highest BCUT2D eigenvalue weighted by atomic mass is 16.5. The van der Waals surface area contributed by atoms with Gasteiger partial charge in [-0.15, -0.1) is 0 Å². The van der Waals surface area contributed by atoms with Crippen molar-refractivity contribution in [2.75, 3.05) is 13.6 Å². The van der Waals surface area contributed by atoms with Crippen molar-refractivity contribution < 1.29 is 19.1 Å². The third-order valence-corrected chi connectivity index (χ3v) is 8.46.